The molecule has 6 atom stereocenters. The number of anilines is 1. The molecule has 1 aliphatic carbocycles. The number of piperazine rings is 2. The van der Waals surface area contributed by atoms with Gasteiger partial charge in [-0.1, -0.05) is 31.0 Å². The summed E-state index contributed by atoms with van der Waals surface area (Å²) in [5, 5.41) is 12.9. The van der Waals surface area contributed by atoms with E-state index in [1.165, 1.54) is 12.7 Å². The summed E-state index contributed by atoms with van der Waals surface area (Å²) >= 11 is 6.41. The number of nitrogens with zero attached hydrogens (tertiary/aromatic N) is 4. The number of carbonyl (C=O) groups is 2. The van der Waals surface area contributed by atoms with E-state index in [4.69, 9.17) is 21.1 Å². The van der Waals surface area contributed by atoms with E-state index in [1.54, 1.807) is 25.1 Å². The SMILES string of the molecule is COC(=O)CCN1CCN2CCN(C[C@@]3(O)CCC[C@H](C)[C@@H](C)S(=O)(=O)NC(=O)c4ccc5c(c4)N(CCCCc4cc(Cl)ccc4CO5)C[C@@H]4CC[C@H]43)C[C@@H]2C1. The highest BCUT2D eigenvalue weighted by Gasteiger charge is 2.48. The summed E-state index contributed by atoms with van der Waals surface area (Å²) in [4.78, 5) is 35.2. The number of halogens is 1. The molecule has 57 heavy (non-hydrogen) atoms. The van der Waals surface area contributed by atoms with Crippen LogP contribution in [0.15, 0.2) is 36.4 Å². The average Bonchev–Trinajstić information content (AvgIpc) is 3.20. The van der Waals surface area contributed by atoms with E-state index < -0.39 is 26.8 Å². The molecule has 2 bridgehead atoms. The summed E-state index contributed by atoms with van der Waals surface area (Å²) in [5.41, 5.74) is 2.32. The summed E-state index contributed by atoms with van der Waals surface area (Å²) in [7, 11) is -2.55. The number of hydrogen-bond acceptors (Lipinski definition) is 11. The van der Waals surface area contributed by atoms with Crippen molar-refractivity contribution < 1.29 is 32.6 Å². The van der Waals surface area contributed by atoms with Gasteiger partial charge in [-0.25, -0.2) is 13.1 Å². The lowest BCUT2D eigenvalue weighted by atomic mass is 9.62. The van der Waals surface area contributed by atoms with Crippen LogP contribution < -0.4 is 14.4 Å². The first-order chi connectivity index (χ1) is 27.3. The molecule has 3 fully saturated rings. The summed E-state index contributed by atoms with van der Waals surface area (Å²) in [6, 6.07) is 11.5. The molecule has 7 rings (SSSR count). The van der Waals surface area contributed by atoms with Crippen molar-refractivity contribution in [1.82, 2.24) is 19.4 Å². The zero-order valence-corrected chi connectivity index (χ0v) is 35.5. The third-order valence-electron chi connectivity index (χ3n) is 13.8. The molecule has 0 radical (unpaired) electrons. The molecule has 1 amide bonds. The lowest BCUT2D eigenvalue weighted by molar-refractivity contribution is -0.141. The fourth-order valence-corrected chi connectivity index (χ4v) is 11.5. The van der Waals surface area contributed by atoms with E-state index in [9.17, 15) is 23.1 Å². The second-order valence-electron chi connectivity index (χ2n) is 17.4. The van der Waals surface area contributed by atoms with Gasteiger partial charge in [0, 0.05) is 82.1 Å². The maximum Gasteiger partial charge on any atom is 0.306 e. The van der Waals surface area contributed by atoms with Crippen molar-refractivity contribution in [1.29, 1.82) is 0 Å². The van der Waals surface area contributed by atoms with Gasteiger partial charge < -0.3 is 19.5 Å². The minimum Gasteiger partial charge on any atom is -0.487 e. The number of hydrogen-bond donors (Lipinski definition) is 2. The summed E-state index contributed by atoms with van der Waals surface area (Å²) in [6.07, 6.45) is 6.92. The number of ether oxygens (including phenoxy) is 2. The van der Waals surface area contributed by atoms with Gasteiger partial charge >= 0.3 is 5.97 Å². The highest BCUT2D eigenvalue weighted by molar-refractivity contribution is 7.90. The minimum absolute atomic E-state index is 0.0724. The van der Waals surface area contributed by atoms with Gasteiger partial charge in [0.1, 0.15) is 12.4 Å². The number of esters is 1. The Kier molecular flexibility index (Phi) is 13.4. The fourth-order valence-electron chi connectivity index (χ4n) is 9.96. The predicted octanol–water partition coefficient (Wildman–Crippen LogP) is 4.95. The molecule has 4 heterocycles. The molecule has 1 saturated carbocycles. The van der Waals surface area contributed by atoms with E-state index in [1.807, 2.05) is 25.1 Å². The van der Waals surface area contributed by atoms with Crippen molar-refractivity contribution in [3.63, 3.8) is 0 Å². The second kappa shape index (κ2) is 18.1. The predicted molar refractivity (Wildman–Crippen MR) is 222 cm³/mol. The molecular formula is C43H62ClN5O7S. The van der Waals surface area contributed by atoms with Crippen LogP contribution in [0, 0.1) is 17.8 Å². The van der Waals surface area contributed by atoms with E-state index in [2.05, 4.69) is 24.3 Å². The number of amides is 1. The molecule has 5 aliphatic rings. The molecule has 2 aromatic rings. The number of carbonyl (C=O) groups excluding carboxylic acids is 2. The van der Waals surface area contributed by atoms with Crippen LogP contribution in [0.4, 0.5) is 5.69 Å². The van der Waals surface area contributed by atoms with Crippen LogP contribution >= 0.6 is 11.6 Å². The number of methoxy groups -OCH3 is 1. The number of sulfonamides is 1. The Hall–Kier alpha value is -2.94. The summed E-state index contributed by atoms with van der Waals surface area (Å²) in [6.45, 7) is 12.1. The first-order valence-corrected chi connectivity index (χ1v) is 23.1. The van der Waals surface area contributed by atoms with Gasteiger partial charge in [-0.2, -0.15) is 0 Å². The largest absolute Gasteiger partial charge is 0.487 e. The Labute approximate surface area is 344 Å². The number of fused-ring (bicyclic) bond motifs is 4. The Morgan fingerprint density at radius 1 is 0.965 bits per heavy atom. The smallest absolute Gasteiger partial charge is 0.306 e. The van der Waals surface area contributed by atoms with Crippen LogP contribution in [0.25, 0.3) is 0 Å². The van der Waals surface area contributed by atoms with Gasteiger partial charge in [0.05, 0.1) is 30.1 Å². The van der Waals surface area contributed by atoms with Crippen LogP contribution in [0.5, 0.6) is 5.75 Å². The molecule has 2 aromatic carbocycles. The van der Waals surface area contributed by atoms with Gasteiger partial charge in [-0.3, -0.25) is 24.3 Å². The third-order valence-corrected chi connectivity index (χ3v) is 16.0. The molecule has 0 unspecified atom stereocenters. The van der Waals surface area contributed by atoms with Crippen molar-refractivity contribution in [3.05, 3.63) is 58.1 Å². The Balaban J connectivity index is 1.16. The van der Waals surface area contributed by atoms with Crippen molar-refractivity contribution in [2.24, 2.45) is 17.8 Å². The van der Waals surface area contributed by atoms with Crippen LogP contribution in [-0.2, 0) is 32.6 Å². The molecule has 2 saturated heterocycles. The Morgan fingerprint density at radius 2 is 1.75 bits per heavy atom. The van der Waals surface area contributed by atoms with Crippen LogP contribution in [0.2, 0.25) is 5.02 Å². The standard InChI is InChI=1S/C43H62ClN5O7S/c1-30-7-6-16-43(52,29-47-20-22-48-21-19-46(26-37(48)27-47)18-15-41(50)55-3)38-13-10-34(38)25-49-17-5-4-8-32-23-36(44)12-9-35(32)28-56-40-14-11-33(24-39(40)49)42(51)45-57(53,54)31(30)2/h9,11-12,14,23-24,30-31,34,37-38,52H,4-8,10,13,15-22,25-29H2,1-3H3,(H,45,51)/t30-,31+,34-,37-,38+,43-/m0/s1. The fraction of sp³-hybridized carbons (Fsp3) is 0.674. The summed E-state index contributed by atoms with van der Waals surface area (Å²) < 4.78 is 41.1. The Morgan fingerprint density at radius 3 is 2.53 bits per heavy atom. The average molecular weight is 829 g/mol. The van der Waals surface area contributed by atoms with Crippen LogP contribution in [0.3, 0.4) is 0 Å². The molecule has 14 heteroatoms. The molecule has 12 nitrogen and oxygen atoms in total. The molecule has 0 aromatic heterocycles. The number of rotatable bonds is 5. The zero-order valence-electron chi connectivity index (χ0n) is 34.0. The highest BCUT2D eigenvalue weighted by Crippen LogP contribution is 2.47. The normalized spacial score (nSPS) is 30.6. The van der Waals surface area contributed by atoms with Gasteiger partial charge in [-0.05, 0) is 111 Å². The molecule has 314 valence electrons. The third kappa shape index (κ3) is 9.92. The molecule has 0 spiro atoms. The first-order valence-electron chi connectivity index (χ1n) is 21.1. The van der Waals surface area contributed by atoms with Crippen molar-refractivity contribution in [2.45, 2.75) is 95.1 Å². The number of aliphatic hydroxyl groups is 1. The lowest BCUT2D eigenvalue weighted by Crippen LogP contribution is -2.64. The lowest BCUT2D eigenvalue weighted by Gasteiger charge is -2.53. The quantitative estimate of drug-likeness (QED) is 0.397. The van der Waals surface area contributed by atoms with E-state index >= 15 is 0 Å². The van der Waals surface area contributed by atoms with Crippen molar-refractivity contribution in [3.8, 4) is 5.75 Å². The second-order valence-corrected chi connectivity index (χ2v) is 19.9. The molecule has 2 N–H and O–H groups in total. The van der Waals surface area contributed by atoms with Crippen LogP contribution in [-0.4, -0.2) is 130 Å². The number of benzene rings is 2. The minimum atomic E-state index is -3.98. The van der Waals surface area contributed by atoms with Crippen LogP contribution in [0.1, 0.15) is 86.7 Å². The number of β-amino-alcohol motifs (C(OH)–C–C–N with tert-alkyl or cyclic N) is 1. The zero-order chi connectivity index (χ0) is 40.3. The first kappa shape index (κ1) is 42.2. The number of nitrogens with one attached hydrogen (secondary N) is 1. The topological polar surface area (TPSA) is 132 Å². The van der Waals surface area contributed by atoms with Gasteiger partial charge in [-0.15, -0.1) is 0 Å². The van der Waals surface area contributed by atoms with E-state index in [0.717, 1.165) is 89.2 Å². The monoisotopic (exact) mass is 827 g/mol. The van der Waals surface area contributed by atoms with Gasteiger partial charge in [0.15, 0.2) is 0 Å². The maximum absolute atomic E-state index is 13.6. The summed E-state index contributed by atoms with van der Waals surface area (Å²) in [5.74, 6) is -0.105. The van der Waals surface area contributed by atoms with E-state index in [0.29, 0.717) is 68.7 Å². The molecular weight excluding hydrogens is 766 g/mol. The van der Waals surface area contributed by atoms with Gasteiger partial charge in [0.25, 0.3) is 5.91 Å². The van der Waals surface area contributed by atoms with Crippen molar-refractivity contribution in [2.75, 3.05) is 77.5 Å². The molecule has 4 aliphatic heterocycles. The Bertz CT molecular complexity index is 1870. The maximum atomic E-state index is 13.6. The number of aryl methyl sites for hydroxylation is 1. The highest BCUT2D eigenvalue weighted by atomic mass is 35.5. The van der Waals surface area contributed by atoms with Gasteiger partial charge in [0.2, 0.25) is 10.0 Å². The van der Waals surface area contributed by atoms with Crippen molar-refractivity contribution >= 4 is 39.2 Å². The van der Waals surface area contributed by atoms with E-state index in [-0.39, 0.29) is 29.3 Å².